The Bertz CT molecular complexity index is 3200. The van der Waals surface area contributed by atoms with Crippen LogP contribution in [-0.2, 0) is 9.23 Å². The van der Waals surface area contributed by atoms with Crippen LogP contribution in [0, 0.1) is 0 Å². The topological polar surface area (TPSA) is 273 Å². The van der Waals surface area contributed by atoms with Gasteiger partial charge in [-0.3, -0.25) is 39.1 Å². The number of hydrogen-bond acceptors (Lipinski definition) is 13. The number of aromatic carboxylic acids is 3. The summed E-state index contributed by atoms with van der Waals surface area (Å²) in [5.41, 5.74) is 14.8. The maximum atomic E-state index is 11.1. The quantitative estimate of drug-likeness (QED) is 0.0323. The molecule has 0 aliphatic carbocycles. The molecule has 0 radical (unpaired) electrons. The Morgan fingerprint density at radius 2 is 0.588 bits per heavy atom. The van der Waals surface area contributed by atoms with E-state index in [4.69, 9.17) is 48.5 Å². The zero-order chi connectivity index (χ0) is 58.4. The molecule has 5 N–H and O–H groups in total. The van der Waals surface area contributed by atoms with Crippen LogP contribution < -0.4 is 5.73 Å². The van der Waals surface area contributed by atoms with Crippen molar-refractivity contribution in [2.45, 2.75) is 0 Å². The lowest BCUT2D eigenvalue weighted by atomic mass is 10.1. The van der Waals surface area contributed by atoms with Gasteiger partial charge in [0, 0.05) is 74.2 Å². The molecule has 80 heavy (non-hydrogen) atoms. The summed E-state index contributed by atoms with van der Waals surface area (Å²) < 4.78 is 9.09. The highest BCUT2D eigenvalue weighted by molar-refractivity contribution is 8.26. The van der Waals surface area contributed by atoms with Crippen LogP contribution >= 0.6 is 44.6 Å². The van der Waals surface area contributed by atoms with Gasteiger partial charge in [-0.25, -0.2) is 18.6 Å². The van der Waals surface area contributed by atoms with E-state index in [9.17, 15) is 33.6 Å². The number of halogens is 4. The fourth-order valence-electron chi connectivity index (χ4n) is 6.10. The number of nitrogens with zero attached hydrogens (tertiary/aromatic N) is 4. The Kier molecular flexibility index (Phi) is 26.6. The third-order valence-electron chi connectivity index (χ3n) is 10.0. The number of hydrogen-bond donors (Lipinski definition) is 4. The first-order valence-electron chi connectivity index (χ1n) is 22.8. The molecule has 0 fully saturated rings. The van der Waals surface area contributed by atoms with Gasteiger partial charge >= 0.3 is 17.9 Å². The minimum absolute atomic E-state index is 0.216. The molecule has 0 aromatic heterocycles. The average Bonchev–Trinajstić information content (AvgIpc) is 3.46. The van der Waals surface area contributed by atoms with Crippen LogP contribution in [0.15, 0.2) is 214 Å². The smallest absolute Gasteiger partial charge is 0.335 e. The molecule has 0 atom stereocenters. The molecule has 0 bridgehead atoms. The highest BCUT2D eigenvalue weighted by atomic mass is 36.0. The molecular weight excluding hydrogens is 1130 g/mol. The maximum Gasteiger partial charge on any atom is 0.335 e. The van der Waals surface area contributed by atoms with E-state index in [2.05, 4.69) is 41.3 Å². The fraction of sp³-hybridized carbons (Fsp3) is 0. The third-order valence-corrected chi connectivity index (χ3v) is 10.5. The number of carboxylic acids is 3. The maximum absolute atomic E-state index is 11.1. The number of carboxylic acid groups (broad SMARTS) is 3. The van der Waals surface area contributed by atoms with Gasteiger partial charge in [0.1, 0.15) is 12.6 Å². The van der Waals surface area contributed by atoms with Gasteiger partial charge in [0.2, 0.25) is 9.23 Å². The molecule has 0 aliphatic rings. The predicted molar refractivity (Wildman–Crippen MR) is 317 cm³/mol. The first-order valence-corrected chi connectivity index (χ1v) is 26.3. The van der Waals surface area contributed by atoms with E-state index in [0.717, 1.165) is 33.6 Å². The molecular formula is C59H43Cl4N5O11S. The summed E-state index contributed by atoms with van der Waals surface area (Å²) in [6.07, 6.45) is 8.27. The van der Waals surface area contributed by atoms with E-state index in [1.807, 2.05) is 48.5 Å². The molecule has 0 saturated carbocycles. The van der Waals surface area contributed by atoms with Gasteiger partial charge in [-0.2, -0.15) is 0 Å². The normalized spacial score (nSPS) is 10.5. The van der Waals surface area contributed by atoms with Crippen molar-refractivity contribution >= 4 is 148 Å². The van der Waals surface area contributed by atoms with Crippen LogP contribution in [0.2, 0.25) is 0 Å². The summed E-state index contributed by atoms with van der Waals surface area (Å²) in [5, 5.41) is 25.3. The standard InChI is InChI=1S/C22H14Cl2N2O2.C22H16N2O4.C8H6O2.C7H7NO2.Cl2OS/c23-21(27)17-4-8-19(9-5-17)25-13-15-2-1-3-16(12-15)14-26-20-10-6-18(7-11-20)22(24)28;25-21(26)17-4-8-19(9-5-17)23-13-15-2-1-3-16(12-15)14-24-20-10-6-18(7-11-20)22(27)28;9-5-7-2-1-3-8(4-7)6-10;8-6-3-1-5(2-4-6)7(9)10;1-4(2)3/h1-14H;1-14H,(H,25,26)(H,27,28);1-6H;1-4H,8H2,(H,9,10);. The van der Waals surface area contributed by atoms with Gasteiger partial charge in [0.25, 0.3) is 10.5 Å². The number of nitrogens with two attached hydrogens (primary N) is 1. The SMILES string of the molecule is Nc1ccc(C(=O)O)cc1.O=C(Cl)c1ccc(N=Cc2cccc(C=Nc3ccc(C(=O)Cl)cc3)c2)cc1.O=C(O)c1ccc(N=Cc2cccc(C=Nc3ccc(C(=O)O)cc3)c2)cc1.O=Cc1cccc(C=O)c1.O=S(Cl)Cl. The number of aliphatic imine (C=N–C) groups is 4. The second kappa shape index (κ2) is 33.7. The van der Waals surface area contributed by atoms with Gasteiger partial charge in [-0.15, -0.1) is 0 Å². The first-order chi connectivity index (χ1) is 38.3. The number of nitrogen functional groups attached to an aromatic ring is 1. The summed E-state index contributed by atoms with van der Waals surface area (Å²) in [6.45, 7) is 0. The highest BCUT2D eigenvalue weighted by Crippen LogP contribution is 2.18. The molecule has 16 nitrogen and oxygen atoms in total. The van der Waals surface area contributed by atoms with E-state index in [1.165, 1.54) is 36.4 Å². The second-order valence-corrected chi connectivity index (χ2v) is 18.9. The monoisotopic (exact) mass is 1170 g/mol. The minimum Gasteiger partial charge on any atom is -0.478 e. The van der Waals surface area contributed by atoms with Crippen molar-refractivity contribution < 1.29 is 53.1 Å². The fourth-order valence-corrected chi connectivity index (χ4v) is 6.36. The zero-order valence-corrected chi connectivity index (χ0v) is 45.2. The summed E-state index contributed by atoms with van der Waals surface area (Å²) in [7, 11) is 7.36. The molecule has 404 valence electrons. The molecule has 0 unspecified atom stereocenters. The lowest BCUT2D eigenvalue weighted by Gasteiger charge is -1.99. The molecule has 0 amide bonds. The van der Waals surface area contributed by atoms with Gasteiger partial charge in [0.05, 0.1) is 39.4 Å². The number of carbonyl (C=O) groups is 7. The molecule has 0 spiro atoms. The molecule has 21 heteroatoms. The van der Waals surface area contributed by atoms with Crippen LogP contribution in [0.5, 0.6) is 0 Å². The molecule has 8 aromatic rings. The van der Waals surface area contributed by atoms with Crippen LogP contribution in [0.3, 0.4) is 0 Å². The number of carbonyl (C=O) groups excluding carboxylic acids is 4. The summed E-state index contributed by atoms with van der Waals surface area (Å²) in [6, 6.07) is 53.9. The molecule has 0 aliphatic heterocycles. The van der Waals surface area contributed by atoms with Crippen molar-refractivity contribution in [1.29, 1.82) is 0 Å². The van der Waals surface area contributed by atoms with Crippen molar-refractivity contribution in [2.75, 3.05) is 5.73 Å². The number of aldehydes is 2. The molecule has 8 rings (SSSR count). The van der Waals surface area contributed by atoms with E-state index >= 15 is 0 Å². The van der Waals surface area contributed by atoms with Gasteiger partial charge < -0.3 is 21.1 Å². The van der Waals surface area contributed by atoms with Crippen molar-refractivity contribution in [1.82, 2.24) is 0 Å². The summed E-state index contributed by atoms with van der Waals surface area (Å²) in [5.74, 6) is -2.87. The summed E-state index contributed by atoms with van der Waals surface area (Å²) in [4.78, 5) is 91.9. The van der Waals surface area contributed by atoms with E-state index in [0.29, 0.717) is 51.9 Å². The zero-order valence-electron chi connectivity index (χ0n) is 41.3. The van der Waals surface area contributed by atoms with E-state index in [-0.39, 0.29) is 16.7 Å². The average molecular weight is 1170 g/mol. The van der Waals surface area contributed by atoms with Crippen LogP contribution in [-0.4, -0.2) is 85.4 Å². The molecule has 0 saturated heterocycles. The van der Waals surface area contributed by atoms with Crippen LogP contribution in [0.1, 0.15) is 94.8 Å². The van der Waals surface area contributed by atoms with Gasteiger partial charge in [-0.1, -0.05) is 54.6 Å². The largest absolute Gasteiger partial charge is 0.478 e. The lowest BCUT2D eigenvalue weighted by molar-refractivity contribution is 0.0686. The minimum atomic E-state index is -1.67. The lowest BCUT2D eigenvalue weighted by Crippen LogP contribution is -1.95. The number of anilines is 1. The Hall–Kier alpha value is -9.36. The van der Waals surface area contributed by atoms with Gasteiger partial charge in [-0.05, 0) is 185 Å². The number of rotatable bonds is 15. The van der Waals surface area contributed by atoms with E-state index < -0.39 is 37.6 Å². The van der Waals surface area contributed by atoms with Crippen LogP contribution in [0.25, 0.3) is 0 Å². The Balaban J connectivity index is 0.000000246. The number of benzene rings is 8. The van der Waals surface area contributed by atoms with Crippen molar-refractivity contribution in [3.05, 3.63) is 255 Å². The Labute approximate surface area is 479 Å². The second-order valence-electron chi connectivity index (χ2n) is 15.7. The van der Waals surface area contributed by atoms with Crippen molar-refractivity contribution in [3.63, 3.8) is 0 Å². The highest BCUT2D eigenvalue weighted by Gasteiger charge is 2.05. The van der Waals surface area contributed by atoms with Gasteiger partial charge in [0.15, 0.2) is 0 Å². The Morgan fingerprint density at radius 3 is 0.812 bits per heavy atom. The third kappa shape index (κ3) is 23.9. The first kappa shape index (κ1) is 63.2. The molecule has 0 heterocycles. The van der Waals surface area contributed by atoms with Crippen molar-refractivity contribution in [3.8, 4) is 0 Å². The summed E-state index contributed by atoms with van der Waals surface area (Å²) >= 11 is 10.9. The Morgan fingerprint density at radius 1 is 0.375 bits per heavy atom. The predicted octanol–water partition coefficient (Wildman–Crippen LogP) is 13.9. The van der Waals surface area contributed by atoms with E-state index in [1.54, 1.807) is 134 Å². The molecule has 8 aromatic carbocycles. The van der Waals surface area contributed by atoms with Crippen LogP contribution in [0.4, 0.5) is 28.4 Å². The van der Waals surface area contributed by atoms with Crippen molar-refractivity contribution in [2.24, 2.45) is 20.0 Å².